The molecular formula is C24H28N2O4S. The number of benzene rings is 1. The third-order valence-electron chi connectivity index (χ3n) is 5.77. The van der Waals surface area contributed by atoms with Crippen molar-refractivity contribution in [3.8, 4) is 10.4 Å². The van der Waals surface area contributed by atoms with Crippen molar-refractivity contribution in [3.05, 3.63) is 60.0 Å². The molecule has 0 unspecified atom stereocenters. The lowest BCUT2D eigenvalue weighted by Gasteiger charge is -2.42. The zero-order chi connectivity index (χ0) is 21.7. The summed E-state index contributed by atoms with van der Waals surface area (Å²) in [5, 5.41) is 4.93. The summed E-state index contributed by atoms with van der Waals surface area (Å²) in [7, 11) is 0. The lowest BCUT2D eigenvalue weighted by molar-refractivity contribution is -0.169. The lowest BCUT2D eigenvalue weighted by Crippen LogP contribution is -2.63. The summed E-state index contributed by atoms with van der Waals surface area (Å²) in [4.78, 5) is 29.1. The van der Waals surface area contributed by atoms with Crippen LogP contribution >= 0.6 is 11.3 Å². The zero-order valence-electron chi connectivity index (χ0n) is 17.5. The van der Waals surface area contributed by atoms with Crippen LogP contribution in [0.25, 0.3) is 10.4 Å². The van der Waals surface area contributed by atoms with Gasteiger partial charge in [0, 0.05) is 31.0 Å². The van der Waals surface area contributed by atoms with E-state index in [1.807, 2.05) is 18.2 Å². The molecule has 0 aliphatic carbocycles. The van der Waals surface area contributed by atoms with E-state index in [9.17, 15) is 9.59 Å². The second-order valence-electron chi connectivity index (χ2n) is 7.95. The Morgan fingerprint density at radius 1 is 1.26 bits per heavy atom. The van der Waals surface area contributed by atoms with Gasteiger partial charge in [0.15, 0.2) is 5.60 Å². The van der Waals surface area contributed by atoms with Crippen LogP contribution in [0.1, 0.15) is 18.4 Å². The van der Waals surface area contributed by atoms with Gasteiger partial charge in [-0.3, -0.25) is 9.59 Å². The Bertz CT molecular complexity index is 906. The first-order valence-electron chi connectivity index (χ1n) is 10.7. The summed E-state index contributed by atoms with van der Waals surface area (Å²) < 4.78 is 11.7. The predicted octanol–water partition coefficient (Wildman–Crippen LogP) is 3.04. The fraction of sp³-hybridized carbons (Fsp3) is 0.417. The molecule has 0 bridgehead atoms. The molecule has 2 fully saturated rings. The molecule has 164 valence electrons. The third kappa shape index (κ3) is 4.89. The van der Waals surface area contributed by atoms with Crippen molar-refractivity contribution in [1.29, 1.82) is 0 Å². The second-order valence-corrected chi connectivity index (χ2v) is 8.90. The molecule has 0 saturated carbocycles. The van der Waals surface area contributed by atoms with Gasteiger partial charge in [-0.1, -0.05) is 36.4 Å². The molecule has 2 aliphatic heterocycles. The number of carbonyl (C=O) groups is 2. The number of rotatable bonds is 7. The molecule has 1 aromatic carbocycles. The molecule has 1 N–H and O–H groups in total. The zero-order valence-corrected chi connectivity index (χ0v) is 18.4. The van der Waals surface area contributed by atoms with E-state index in [1.165, 1.54) is 4.88 Å². The highest BCUT2D eigenvalue weighted by atomic mass is 32.1. The number of amides is 2. The summed E-state index contributed by atoms with van der Waals surface area (Å²) >= 11 is 1.69. The number of morpholine rings is 1. The van der Waals surface area contributed by atoms with E-state index in [0.717, 1.165) is 24.0 Å². The molecule has 3 heterocycles. The average Bonchev–Trinajstić information content (AvgIpc) is 3.52. The van der Waals surface area contributed by atoms with Crippen LogP contribution in [-0.4, -0.2) is 61.3 Å². The normalized spacial score (nSPS) is 23.5. The Morgan fingerprint density at radius 2 is 2.10 bits per heavy atom. The number of hydrogen-bond acceptors (Lipinski definition) is 5. The van der Waals surface area contributed by atoms with E-state index in [2.05, 4.69) is 35.5 Å². The first kappa shape index (κ1) is 21.7. The molecule has 2 atom stereocenters. The Hall–Kier alpha value is -2.48. The molecule has 2 aliphatic rings. The van der Waals surface area contributed by atoms with Crippen LogP contribution in [-0.2, 0) is 25.5 Å². The molecule has 0 spiro atoms. The van der Waals surface area contributed by atoms with Gasteiger partial charge in [0.2, 0.25) is 0 Å². The number of hydrogen-bond donors (Lipinski definition) is 1. The second kappa shape index (κ2) is 9.77. The molecule has 2 aromatic rings. The maximum Gasteiger partial charge on any atom is 0.254 e. The topological polar surface area (TPSA) is 67.9 Å². The van der Waals surface area contributed by atoms with Gasteiger partial charge in [0.05, 0.1) is 13.2 Å². The van der Waals surface area contributed by atoms with Gasteiger partial charge in [-0.2, -0.15) is 0 Å². The maximum absolute atomic E-state index is 13.2. The van der Waals surface area contributed by atoms with E-state index in [4.69, 9.17) is 9.47 Å². The quantitative estimate of drug-likeness (QED) is 0.672. The van der Waals surface area contributed by atoms with E-state index in [1.54, 1.807) is 22.3 Å². The first-order chi connectivity index (χ1) is 15.1. The fourth-order valence-electron chi connectivity index (χ4n) is 4.16. The van der Waals surface area contributed by atoms with Crippen molar-refractivity contribution in [3.63, 3.8) is 0 Å². The minimum absolute atomic E-state index is 0.0465. The lowest BCUT2D eigenvalue weighted by atomic mass is 9.90. The van der Waals surface area contributed by atoms with E-state index in [-0.39, 0.29) is 18.4 Å². The highest BCUT2D eigenvalue weighted by Gasteiger charge is 2.46. The fourth-order valence-corrected chi connectivity index (χ4v) is 4.89. The Kier molecular flexibility index (Phi) is 6.85. The van der Waals surface area contributed by atoms with Gasteiger partial charge in [-0.15, -0.1) is 17.9 Å². The first-order valence-corrected chi connectivity index (χ1v) is 11.6. The molecule has 7 heteroatoms. The number of ether oxygens (including phenoxy) is 2. The van der Waals surface area contributed by atoms with Crippen molar-refractivity contribution in [2.45, 2.75) is 31.0 Å². The largest absolute Gasteiger partial charge is 0.368 e. The highest BCUT2D eigenvalue weighted by molar-refractivity contribution is 7.13. The van der Waals surface area contributed by atoms with Gasteiger partial charge in [-0.25, -0.2) is 0 Å². The molecule has 0 radical (unpaired) electrons. The molecule has 6 nitrogen and oxygen atoms in total. The van der Waals surface area contributed by atoms with Crippen LogP contribution in [0, 0.1) is 0 Å². The third-order valence-corrected chi connectivity index (χ3v) is 6.69. The van der Waals surface area contributed by atoms with Crippen LogP contribution in [0.15, 0.2) is 54.4 Å². The molecule has 2 saturated heterocycles. The Labute approximate surface area is 186 Å². The standard InChI is InChI=1S/C24H28N2O4S/c1-2-11-25-23(28)24(16-18-7-9-19(10-8-18)21-6-4-15-31-21)17-26(12-14-30-24)22(27)20-5-3-13-29-20/h2,4,6-10,15,20H,1,3,5,11-14,16-17H2,(H,25,28)/t20-,24-/m0/s1. The van der Waals surface area contributed by atoms with Crippen LogP contribution in [0.3, 0.4) is 0 Å². The van der Waals surface area contributed by atoms with E-state index >= 15 is 0 Å². The maximum atomic E-state index is 13.2. The minimum atomic E-state index is -1.14. The van der Waals surface area contributed by atoms with Gasteiger partial charge in [0.25, 0.3) is 11.8 Å². The van der Waals surface area contributed by atoms with Gasteiger partial charge in [0.1, 0.15) is 6.10 Å². The smallest absolute Gasteiger partial charge is 0.254 e. The predicted molar refractivity (Wildman–Crippen MR) is 121 cm³/mol. The Balaban J connectivity index is 1.55. The average molecular weight is 441 g/mol. The molecule has 31 heavy (non-hydrogen) atoms. The van der Waals surface area contributed by atoms with E-state index in [0.29, 0.717) is 32.7 Å². The summed E-state index contributed by atoms with van der Waals surface area (Å²) in [6, 6.07) is 12.3. The van der Waals surface area contributed by atoms with Crippen molar-refractivity contribution >= 4 is 23.2 Å². The van der Waals surface area contributed by atoms with Gasteiger partial charge >= 0.3 is 0 Å². The molecular weight excluding hydrogens is 412 g/mol. The molecule has 1 aromatic heterocycles. The summed E-state index contributed by atoms with van der Waals surface area (Å²) in [6.07, 6.45) is 3.24. The van der Waals surface area contributed by atoms with Gasteiger partial charge < -0.3 is 19.7 Å². The number of nitrogens with zero attached hydrogens (tertiary/aromatic N) is 1. The minimum Gasteiger partial charge on any atom is -0.368 e. The number of thiophene rings is 1. The van der Waals surface area contributed by atoms with Crippen molar-refractivity contribution in [2.75, 3.05) is 32.8 Å². The van der Waals surface area contributed by atoms with Crippen LogP contribution < -0.4 is 5.32 Å². The highest BCUT2D eigenvalue weighted by Crippen LogP contribution is 2.29. The van der Waals surface area contributed by atoms with Crippen molar-refractivity contribution in [2.24, 2.45) is 0 Å². The number of carbonyl (C=O) groups excluding carboxylic acids is 2. The molecule has 2 amide bonds. The number of nitrogens with one attached hydrogen (secondary N) is 1. The molecule has 4 rings (SSSR count). The van der Waals surface area contributed by atoms with Crippen LogP contribution in [0.4, 0.5) is 0 Å². The summed E-state index contributed by atoms with van der Waals surface area (Å²) in [5.74, 6) is -0.269. The van der Waals surface area contributed by atoms with Crippen molar-refractivity contribution in [1.82, 2.24) is 10.2 Å². The summed E-state index contributed by atoms with van der Waals surface area (Å²) in [5.41, 5.74) is 0.990. The van der Waals surface area contributed by atoms with E-state index < -0.39 is 11.7 Å². The van der Waals surface area contributed by atoms with Crippen LogP contribution in [0.5, 0.6) is 0 Å². The van der Waals surface area contributed by atoms with Crippen LogP contribution in [0.2, 0.25) is 0 Å². The van der Waals surface area contributed by atoms with Gasteiger partial charge in [-0.05, 0) is 35.4 Å². The summed E-state index contributed by atoms with van der Waals surface area (Å²) in [6.45, 7) is 5.63. The van der Waals surface area contributed by atoms with Crippen molar-refractivity contribution < 1.29 is 19.1 Å². The SMILES string of the molecule is C=CCNC(=O)[C@]1(Cc2ccc(-c3cccs3)cc2)CN(C(=O)[C@@H]2CCCO2)CCO1. The Morgan fingerprint density at radius 3 is 2.77 bits per heavy atom. The monoisotopic (exact) mass is 440 g/mol.